The van der Waals surface area contributed by atoms with Crippen LogP contribution in [-0.4, -0.2) is 56.0 Å². The molecule has 1 aliphatic rings. The standard InChI is InChI=1S/C9H17NO4S/c1-15(13,14)6-2-4-10-5-3-8(7-10)9(11)12/h8H,2-7H2,1H3,(H,11,12). The number of rotatable bonds is 5. The maximum atomic E-state index is 10.9. The molecular weight excluding hydrogens is 218 g/mol. The van der Waals surface area contributed by atoms with Crippen LogP contribution in [0.4, 0.5) is 0 Å². The van der Waals surface area contributed by atoms with Crippen LogP contribution in [0.25, 0.3) is 0 Å². The minimum Gasteiger partial charge on any atom is -0.481 e. The molecule has 1 unspecified atom stereocenters. The molecule has 0 amide bonds. The Morgan fingerprint density at radius 3 is 2.67 bits per heavy atom. The molecule has 0 aromatic carbocycles. The normalized spacial score (nSPS) is 23.1. The first kappa shape index (κ1) is 12.4. The van der Waals surface area contributed by atoms with E-state index in [0.717, 1.165) is 6.54 Å². The number of carboxylic acid groups (broad SMARTS) is 1. The first-order chi connectivity index (χ1) is 6.88. The van der Waals surface area contributed by atoms with E-state index < -0.39 is 15.8 Å². The highest BCUT2D eigenvalue weighted by Crippen LogP contribution is 2.16. The van der Waals surface area contributed by atoms with Gasteiger partial charge in [0.1, 0.15) is 9.84 Å². The average Bonchev–Trinajstić information content (AvgIpc) is 2.50. The number of hydrogen-bond donors (Lipinski definition) is 1. The van der Waals surface area contributed by atoms with Gasteiger partial charge >= 0.3 is 5.97 Å². The molecule has 15 heavy (non-hydrogen) atoms. The molecule has 1 rings (SSSR count). The molecule has 88 valence electrons. The van der Waals surface area contributed by atoms with Gasteiger partial charge in [0.15, 0.2) is 0 Å². The summed E-state index contributed by atoms with van der Waals surface area (Å²) < 4.78 is 21.7. The molecule has 0 aliphatic carbocycles. The van der Waals surface area contributed by atoms with Crippen molar-refractivity contribution in [2.75, 3.05) is 31.6 Å². The smallest absolute Gasteiger partial charge is 0.307 e. The lowest BCUT2D eigenvalue weighted by Crippen LogP contribution is -2.25. The molecule has 0 radical (unpaired) electrons. The summed E-state index contributed by atoms with van der Waals surface area (Å²) in [7, 11) is -2.89. The number of carbonyl (C=O) groups is 1. The summed E-state index contributed by atoms with van der Waals surface area (Å²) >= 11 is 0. The number of aliphatic carboxylic acids is 1. The fourth-order valence-corrected chi connectivity index (χ4v) is 2.44. The van der Waals surface area contributed by atoms with Gasteiger partial charge < -0.3 is 10.0 Å². The summed E-state index contributed by atoms with van der Waals surface area (Å²) in [4.78, 5) is 12.7. The average molecular weight is 235 g/mol. The summed E-state index contributed by atoms with van der Waals surface area (Å²) in [5.41, 5.74) is 0. The first-order valence-corrected chi connectivity index (χ1v) is 7.07. The second kappa shape index (κ2) is 4.94. The number of nitrogens with zero attached hydrogens (tertiary/aromatic N) is 1. The van der Waals surface area contributed by atoms with Crippen molar-refractivity contribution in [1.82, 2.24) is 4.90 Å². The molecule has 0 aromatic rings. The van der Waals surface area contributed by atoms with Crippen molar-refractivity contribution in [2.24, 2.45) is 5.92 Å². The first-order valence-electron chi connectivity index (χ1n) is 5.01. The maximum Gasteiger partial charge on any atom is 0.307 e. The largest absolute Gasteiger partial charge is 0.481 e. The summed E-state index contributed by atoms with van der Waals surface area (Å²) in [5, 5.41) is 8.76. The lowest BCUT2D eigenvalue weighted by Gasteiger charge is -2.14. The van der Waals surface area contributed by atoms with Crippen LogP contribution in [0.2, 0.25) is 0 Å². The lowest BCUT2D eigenvalue weighted by atomic mass is 10.1. The highest BCUT2D eigenvalue weighted by Gasteiger charge is 2.27. The number of likely N-dealkylation sites (tertiary alicyclic amines) is 1. The molecule has 5 nitrogen and oxygen atoms in total. The summed E-state index contributed by atoms with van der Waals surface area (Å²) in [6, 6.07) is 0. The van der Waals surface area contributed by atoms with E-state index >= 15 is 0 Å². The van der Waals surface area contributed by atoms with Gasteiger partial charge in [-0.05, 0) is 25.9 Å². The Bertz CT molecular complexity index is 325. The Morgan fingerprint density at radius 1 is 1.53 bits per heavy atom. The van der Waals surface area contributed by atoms with Gasteiger partial charge in [-0.1, -0.05) is 0 Å². The van der Waals surface area contributed by atoms with Crippen LogP contribution in [0, 0.1) is 5.92 Å². The van der Waals surface area contributed by atoms with Gasteiger partial charge in [-0.25, -0.2) is 8.42 Å². The zero-order valence-corrected chi connectivity index (χ0v) is 9.66. The van der Waals surface area contributed by atoms with E-state index in [1.54, 1.807) is 0 Å². The van der Waals surface area contributed by atoms with Crippen LogP contribution in [0.15, 0.2) is 0 Å². The number of sulfone groups is 1. The van der Waals surface area contributed by atoms with E-state index in [9.17, 15) is 13.2 Å². The third-order valence-electron chi connectivity index (χ3n) is 2.61. The Morgan fingerprint density at radius 2 is 2.20 bits per heavy atom. The molecule has 6 heteroatoms. The van der Waals surface area contributed by atoms with Gasteiger partial charge in [-0.2, -0.15) is 0 Å². The van der Waals surface area contributed by atoms with Crippen LogP contribution < -0.4 is 0 Å². The maximum absolute atomic E-state index is 10.9. The van der Waals surface area contributed by atoms with Crippen LogP contribution in [0.3, 0.4) is 0 Å². The zero-order valence-electron chi connectivity index (χ0n) is 8.85. The van der Waals surface area contributed by atoms with Crippen molar-refractivity contribution in [1.29, 1.82) is 0 Å². The summed E-state index contributed by atoms with van der Waals surface area (Å²) in [6.45, 7) is 2.00. The van der Waals surface area contributed by atoms with Crippen LogP contribution in [0.1, 0.15) is 12.8 Å². The summed E-state index contributed by atoms with van der Waals surface area (Å²) in [6.07, 6.45) is 2.48. The van der Waals surface area contributed by atoms with Gasteiger partial charge in [-0.3, -0.25) is 4.79 Å². The SMILES string of the molecule is CS(=O)(=O)CCCN1CCC(C(=O)O)C1. The summed E-state index contributed by atoms with van der Waals surface area (Å²) in [5.74, 6) is -0.842. The zero-order chi connectivity index (χ0) is 11.5. The molecule has 1 heterocycles. The van der Waals surface area contributed by atoms with E-state index in [0.29, 0.717) is 25.9 Å². The van der Waals surface area contributed by atoms with Gasteiger partial charge in [-0.15, -0.1) is 0 Å². The van der Waals surface area contributed by atoms with Crippen molar-refractivity contribution >= 4 is 15.8 Å². The molecule has 0 spiro atoms. The predicted molar refractivity (Wildman–Crippen MR) is 56.5 cm³/mol. The monoisotopic (exact) mass is 235 g/mol. The van der Waals surface area contributed by atoms with E-state index in [1.807, 2.05) is 4.90 Å². The molecule has 0 aromatic heterocycles. The second-order valence-electron chi connectivity index (χ2n) is 4.11. The molecule has 0 saturated carbocycles. The quantitative estimate of drug-likeness (QED) is 0.716. The Hall–Kier alpha value is -0.620. The van der Waals surface area contributed by atoms with Gasteiger partial charge in [0, 0.05) is 12.8 Å². The third-order valence-corrected chi connectivity index (χ3v) is 3.64. The highest BCUT2D eigenvalue weighted by atomic mass is 32.2. The number of carboxylic acids is 1. The molecule has 1 aliphatic heterocycles. The molecule has 1 saturated heterocycles. The van der Waals surface area contributed by atoms with Crippen molar-refractivity contribution < 1.29 is 18.3 Å². The Labute approximate surface area is 90.0 Å². The second-order valence-corrected chi connectivity index (χ2v) is 6.37. The van der Waals surface area contributed by atoms with E-state index in [-0.39, 0.29) is 11.7 Å². The minimum atomic E-state index is -2.89. The minimum absolute atomic E-state index is 0.182. The topological polar surface area (TPSA) is 74.7 Å². The van der Waals surface area contributed by atoms with Crippen LogP contribution in [-0.2, 0) is 14.6 Å². The van der Waals surface area contributed by atoms with E-state index in [2.05, 4.69) is 0 Å². The fraction of sp³-hybridized carbons (Fsp3) is 0.889. The Kier molecular flexibility index (Phi) is 4.10. The van der Waals surface area contributed by atoms with Crippen LogP contribution >= 0.6 is 0 Å². The molecule has 1 atom stereocenters. The highest BCUT2D eigenvalue weighted by molar-refractivity contribution is 7.90. The molecule has 1 fully saturated rings. The van der Waals surface area contributed by atoms with E-state index in [1.165, 1.54) is 6.26 Å². The van der Waals surface area contributed by atoms with Crippen LogP contribution in [0.5, 0.6) is 0 Å². The predicted octanol–water partition coefficient (Wildman–Crippen LogP) is -0.172. The molecule has 1 N–H and O–H groups in total. The van der Waals surface area contributed by atoms with E-state index in [4.69, 9.17) is 5.11 Å². The molecular formula is C9H17NO4S. The third kappa shape index (κ3) is 4.61. The lowest BCUT2D eigenvalue weighted by molar-refractivity contribution is -0.141. The fourth-order valence-electron chi connectivity index (χ4n) is 1.79. The number of hydrogen-bond acceptors (Lipinski definition) is 4. The van der Waals surface area contributed by atoms with Crippen molar-refractivity contribution in [3.8, 4) is 0 Å². The van der Waals surface area contributed by atoms with Gasteiger partial charge in [0.05, 0.1) is 11.7 Å². The van der Waals surface area contributed by atoms with Crippen molar-refractivity contribution in [2.45, 2.75) is 12.8 Å². The molecule has 0 bridgehead atoms. The van der Waals surface area contributed by atoms with Gasteiger partial charge in [0.25, 0.3) is 0 Å². The van der Waals surface area contributed by atoms with Crippen molar-refractivity contribution in [3.63, 3.8) is 0 Å². The van der Waals surface area contributed by atoms with Crippen molar-refractivity contribution in [3.05, 3.63) is 0 Å². The van der Waals surface area contributed by atoms with Gasteiger partial charge in [0.2, 0.25) is 0 Å². The Balaban J connectivity index is 2.22.